The van der Waals surface area contributed by atoms with Gasteiger partial charge in [0.15, 0.2) is 0 Å². The molecule has 0 unspecified atom stereocenters. The van der Waals surface area contributed by atoms with Crippen molar-refractivity contribution in [2.45, 2.75) is 25.7 Å². The van der Waals surface area contributed by atoms with Gasteiger partial charge in [-0.3, -0.25) is 4.79 Å². The number of carbonyl (C=O) groups is 1. The van der Waals surface area contributed by atoms with Crippen LogP contribution in [-0.2, 0) is 24.1 Å². The summed E-state index contributed by atoms with van der Waals surface area (Å²) in [5, 5.41) is 1.08. The quantitative estimate of drug-likeness (QED) is 0.762. The third-order valence-electron chi connectivity index (χ3n) is 4.26. The van der Waals surface area contributed by atoms with E-state index < -0.39 is 0 Å². The first-order valence-electron chi connectivity index (χ1n) is 7.74. The Morgan fingerprint density at radius 2 is 1.86 bits per heavy atom. The molecule has 0 radical (unpaired) electrons. The van der Waals surface area contributed by atoms with Crippen molar-refractivity contribution in [3.8, 4) is 0 Å². The molecule has 1 aromatic carbocycles. The summed E-state index contributed by atoms with van der Waals surface area (Å²) in [4.78, 5) is 14.2. The van der Waals surface area contributed by atoms with Crippen LogP contribution in [0.15, 0.2) is 48.1 Å². The van der Waals surface area contributed by atoms with Crippen molar-refractivity contribution in [3.63, 3.8) is 0 Å². The number of benzene rings is 1. The topological polar surface area (TPSA) is 33.5 Å². The molecule has 1 amide bonds. The Balaban J connectivity index is 1.85. The van der Waals surface area contributed by atoms with Crippen LogP contribution in [0.3, 0.4) is 0 Å². The lowest BCUT2D eigenvalue weighted by molar-refractivity contribution is -0.129. The zero-order chi connectivity index (χ0) is 15.5. The third-order valence-corrected chi connectivity index (χ3v) is 4.26. The van der Waals surface area contributed by atoms with E-state index in [4.69, 9.17) is 4.42 Å². The van der Waals surface area contributed by atoms with Gasteiger partial charge in [-0.25, -0.2) is 0 Å². The van der Waals surface area contributed by atoms with Gasteiger partial charge < -0.3 is 9.32 Å². The number of hydrogen-bond acceptors (Lipinski definition) is 2. The highest BCUT2D eigenvalue weighted by Crippen LogP contribution is 2.30. The predicted molar refractivity (Wildman–Crippen MR) is 88.9 cm³/mol. The highest BCUT2D eigenvalue weighted by molar-refractivity contribution is 5.88. The number of rotatable bonds is 6. The Morgan fingerprint density at radius 3 is 2.55 bits per heavy atom. The highest BCUT2D eigenvalue weighted by atomic mass is 16.3. The van der Waals surface area contributed by atoms with E-state index in [-0.39, 0.29) is 5.91 Å². The Labute approximate surface area is 130 Å². The maximum atomic E-state index is 12.5. The number of furan rings is 1. The summed E-state index contributed by atoms with van der Waals surface area (Å²) in [5.74, 6) is 0.0722. The number of nitrogens with zero attached hydrogens (tertiary/aromatic N) is 1. The van der Waals surface area contributed by atoms with Crippen LogP contribution in [0.2, 0.25) is 0 Å². The number of amides is 1. The minimum Gasteiger partial charge on any atom is -0.464 e. The Bertz CT molecular complexity index is 716. The molecule has 0 fully saturated rings. The zero-order valence-corrected chi connectivity index (χ0v) is 12.8. The highest BCUT2D eigenvalue weighted by Gasteiger charge is 2.18. The number of hydrogen-bond donors (Lipinski definition) is 0. The average Bonchev–Trinajstić information content (AvgIpc) is 3.11. The predicted octanol–water partition coefficient (Wildman–Crippen LogP) is 3.66. The molecule has 1 aliphatic carbocycles. The molecule has 0 N–H and O–H groups in total. The van der Waals surface area contributed by atoms with Crippen molar-refractivity contribution in [2.24, 2.45) is 0 Å². The Kier molecular flexibility index (Phi) is 4.14. The van der Waals surface area contributed by atoms with Crippen molar-refractivity contribution in [1.82, 2.24) is 4.90 Å². The molecule has 0 spiro atoms. The van der Waals surface area contributed by atoms with Gasteiger partial charge in [0.2, 0.25) is 5.91 Å². The fourth-order valence-electron chi connectivity index (χ4n) is 3.15. The second-order valence-electron chi connectivity index (χ2n) is 5.78. The van der Waals surface area contributed by atoms with Crippen LogP contribution in [0.25, 0.3) is 11.0 Å². The summed E-state index contributed by atoms with van der Waals surface area (Å²) < 4.78 is 5.66. The molecular weight excluding hydrogens is 274 g/mol. The second kappa shape index (κ2) is 6.22. The largest absolute Gasteiger partial charge is 0.464 e. The Morgan fingerprint density at radius 1 is 1.18 bits per heavy atom. The van der Waals surface area contributed by atoms with Gasteiger partial charge in [-0.05, 0) is 42.5 Å². The van der Waals surface area contributed by atoms with Gasteiger partial charge in [-0.2, -0.15) is 0 Å². The fourth-order valence-corrected chi connectivity index (χ4v) is 3.15. The lowest BCUT2D eigenvalue weighted by atomic mass is 10.0. The molecule has 3 heteroatoms. The summed E-state index contributed by atoms with van der Waals surface area (Å²) in [7, 11) is 0. The summed E-state index contributed by atoms with van der Waals surface area (Å²) in [6, 6.07) is 4.34. The van der Waals surface area contributed by atoms with Crippen LogP contribution in [-0.4, -0.2) is 23.9 Å². The van der Waals surface area contributed by atoms with Gasteiger partial charge in [0.1, 0.15) is 5.58 Å². The first-order valence-corrected chi connectivity index (χ1v) is 7.74. The van der Waals surface area contributed by atoms with Gasteiger partial charge in [0, 0.05) is 24.0 Å². The maximum Gasteiger partial charge on any atom is 0.227 e. The molecule has 0 bridgehead atoms. The smallest absolute Gasteiger partial charge is 0.227 e. The molecule has 0 atom stereocenters. The van der Waals surface area contributed by atoms with Crippen molar-refractivity contribution < 1.29 is 9.21 Å². The van der Waals surface area contributed by atoms with E-state index in [0.29, 0.717) is 19.5 Å². The molecule has 114 valence electrons. The Hall–Kier alpha value is -2.29. The molecule has 3 nitrogen and oxygen atoms in total. The maximum absolute atomic E-state index is 12.5. The third kappa shape index (κ3) is 2.71. The van der Waals surface area contributed by atoms with Crippen molar-refractivity contribution in [3.05, 3.63) is 60.4 Å². The van der Waals surface area contributed by atoms with E-state index in [1.807, 2.05) is 0 Å². The molecular formula is C19H21NO2. The van der Waals surface area contributed by atoms with Crippen molar-refractivity contribution >= 4 is 16.9 Å². The normalized spacial score (nSPS) is 13.1. The van der Waals surface area contributed by atoms with Crippen LogP contribution >= 0.6 is 0 Å². The van der Waals surface area contributed by atoms with Gasteiger partial charge in [0.05, 0.1) is 12.7 Å². The number of aryl methyl sites for hydroxylation is 2. The first kappa shape index (κ1) is 14.6. The minimum absolute atomic E-state index is 0.0722. The van der Waals surface area contributed by atoms with Crippen LogP contribution < -0.4 is 0 Å². The van der Waals surface area contributed by atoms with Crippen LogP contribution in [0.4, 0.5) is 0 Å². The van der Waals surface area contributed by atoms with Gasteiger partial charge >= 0.3 is 0 Å². The number of fused-ring (bicyclic) bond motifs is 2. The lowest BCUT2D eigenvalue weighted by Gasteiger charge is -2.18. The summed E-state index contributed by atoms with van der Waals surface area (Å²) in [5.41, 5.74) is 4.64. The van der Waals surface area contributed by atoms with Gasteiger partial charge in [-0.1, -0.05) is 12.2 Å². The van der Waals surface area contributed by atoms with E-state index in [1.54, 1.807) is 23.3 Å². The van der Waals surface area contributed by atoms with E-state index >= 15 is 0 Å². The second-order valence-corrected chi connectivity index (χ2v) is 5.78. The molecule has 2 aromatic rings. The van der Waals surface area contributed by atoms with Crippen LogP contribution in [0.5, 0.6) is 0 Å². The fraction of sp³-hybridized carbons (Fsp3) is 0.316. The van der Waals surface area contributed by atoms with Crippen LogP contribution in [0.1, 0.15) is 23.1 Å². The summed E-state index contributed by atoms with van der Waals surface area (Å²) >= 11 is 0. The number of carbonyl (C=O) groups excluding carboxylic acids is 1. The summed E-state index contributed by atoms with van der Waals surface area (Å²) in [6.07, 6.45) is 9.02. The van der Waals surface area contributed by atoms with Crippen molar-refractivity contribution in [2.75, 3.05) is 13.1 Å². The molecule has 0 saturated heterocycles. The molecule has 1 aromatic heterocycles. The average molecular weight is 295 g/mol. The molecule has 0 aliphatic heterocycles. The molecule has 22 heavy (non-hydrogen) atoms. The minimum atomic E-state index is 0.0722. The van der Waals surface area contributed by atoms with Gasteiger partial charge in [0.25, 0.3) is 0 Å². The van der Waals surface area contributed by atoms with Gasteiger partial charge in [-0.15, -0.1) is 13.2 Å². The summed E-state index contributed by atoms with van der Waals surface area (Å²) in [6.45, 7) is 8.48. The first-order chi connectivity index (χ1) is 10.7. The van der Waals surface area contributed by atoms with E-state index in [9.17, 15) is 4.79 Å². The molecule has 1 aliphatic rings. The van der Waals surface area contributed by atoms with Crippen molar-refractivity contribution in [1.29, 1.82) is 0 Å². The van der Waals surface area contributed by atoms with E-state index in [1.165, 1.54) is 17.5 Å². The monoisotopic (exact) mass is 295 g/mol. The van der Waals surface area contributed by atoms with Crippen LogP contribution in [0, 0.1) is 0 Å². The molecule has 0 saturated carbocycles. The van der Waals surface area contributed by atoms with E-state index in [0.717, 1.165) is 29.4 Å². The molecule has 1 heterocycles. The zero-order valence-electron chi connectivity index (χ0n) is 12.8. The van der Waals surface area contributed by atoms with E-state index in [2.05, 4.69) is 25.3 Å². The molecule has 3 rings (SSSR count). The SMILES string of the molecule is C=CCN(CC=C)C(=O)Cc1coc2cc3c(cc12)CCC3. The lowest BCUT2D eigenvalue weighted by Crippen LogP contribution is -2.32. The standard InChI is InChI=1S/C19H21NO2/c1-3-8-20(9-4-2)19(21)12-16-13-22-18-11-15-7-5-6-14(15)10-17(16)18/h3-4,10-11,13H,1-2,5-9,12H2.